The van der Waals surface area contributed by atoms with Gasteiger partial charge in [0.2, 0.25) is 11.8 Å². The number of aromatic nitrogens is 1. The highest BCUT2D eigenvalue weighted by molar-refractivity contribution is 6.30. The number of nitrogens with zero attached hydrogens (tertiary/aromatic N) is 2. The van der Waals surface area contributed by atoms with Crippen LogP contribution in [-0.2, 0) is 16.0 Å². The number of carbonyl (C=O) groups excluding carboxylic acids is 1. The predicted molar refractivity (Wildman–Crippen MR) is 96.8 cm³/mol. The molecular weight excluding hydrogens is 356 g/mol. The fourth-order valence-corrected chi connectivity index (χ4v) is 3.44. The Morgan fingerprint density at radius 1 is 1.35 bits per heavy atom. The first-order valence-electron chi connectivity index (χ1n) is 8.53. The van der Waals surface area contributed by atoms with Crippen LogP contribution in [0.4, 0.5) is 0 Å². The van der Waals surface area contributed by atoms with Gasteiger partial charge in [-0.2, -0.15) is 0 Å². The summed E-state index contributed by atoms with van der Waals surface area (Å²) in [6.07, 6.45) is 2.02. The smallest absolute Gasteiger partial charge is 0.311 e. The van der Waals surface area contributed by atoms with Gasteiger partial charge >= 0.3 is 5.97 Å². The van der Waals surface area contributed by atoms with E-state index in [1.54, 1.807) is 29.2 Å². The molecule has 1 unspecified atom stereocenters. The molecule has 2 aromatic rings. The van der Waals surface area contributed by atoms with Crippen molar-refractivity contribution in [1.82, 2.24) is 9.88 Å². The van der Waals surface area contributed by atoms with Crippen LogP contribution >= 0.6 is 11.6 Å². The van der Waals surface area contributed by atoms with E-state index in [9.17, 15) is 14.7 Å². The number of rotatable bonds is 5. The molecule has 26 heavy (non-hydrogen) atoms. The van der Waals surface area contributed by atoms with Gasteiger partial charge in [-0.25, -0.2) is 4.98 Å². The number of carboxylic acid groups (broad SMARTS) is 1. The topological polar surface area (TPSA) is 83.6 Å². The first kappa shape index (κ1) is 18.5. The zero-order chi connectivity index (χ0) is 18.9. The number of hydrogen-bond acceptors (Lipinski definition) is 4. The molecule has 1 aromatic heterocycles. The van der Waals surface area contributed by atoms with E-state index in [1.165, 1.54) is 6.26 Å². The van der Waals surface area contributed by atoms with E-state index in [1.807, 2.05) is 13.8 Å². The molecule has 0 radical (unpaired) electrons. The van der Waals surface area contributed by atoms with Gasteiger partial charge in [-0.15, -0.1) is 0 Å². The fourth-order valence-electron chi connectivity index (χ4n) is 3.32. The fraction of sp³-hybridized carbons (Fsp3) is 0.421. The summed E-state index contributed by atoms with van der Waals surface area (Å²) in [4.78, 5) is 30.2. The maximum atomic E-state index is 12.6. The number of likely N-dealkylation sites (tertiary alicyclic amines) is 1. The van der Waals surface area contributed by atoms with Crippen LogP contribution in [0.25, 0.3) is 11.5 Å². The molecule has 0 bridgehead atoms. The molecule has 0 aliphatic carbocycles. The summed E-state index contributed by atoms with van der Waals surface area (Å²) >= 11 is 5.87. The Labute approximate surface area is 156 Å². The van der Waals surface area contributed by atoms with Crippen molar-refractivity contribution in [1.29, 1.82) is 0 Å². The zero-order valence-corrected chi connectivity index (χ0v) is 15.5. The summed E-state index contributed by atoms with van der Waals surface area (Å²) in [6.45, 7) is 4.46. The maximum Gasteiger partial charge on any atom is 0.311 e. The second-order valence-electron chi connectivity index (χ2n) is 7.01. The average Bonchev–Trinajstić information content (AvgIpc) is 3.23. The number of aliphatic carboxylic acids is 1. The predicted octanol–water partition coefficient (Wildman–Crippen LogP) is 3.50. The number of halogens is 1. The van der Waals surface area contributed by atoms with Gasteiger partial charge in [-0.1, -0.05) is 25.4 Å². The van der Waals surface area contributed by atoms with E-state index in [-0.39, 0.29) is 24.8 Å². The number of carboxylic acids is 1. The van der Waals surface area contributed by atoms with Crippen molar-refractivity contribution in [3.05, 3.63) is 41.2 Å². The van der Waals surface area contributed by atoms with Crippen LogP contribution in [0.1, 0.15) is 26.0 Å². The minimum Gasteiger partial charge on any atom is -0.481 e. The molecule has 1 atom stereocenters. The van der Waals surface area contributed by atoms with Crippen LogP contribution in [0.3, 0.4) is 0 Å². The third-order valence-electron chi connectivity index (χ3n) is 5.16. The van der Waals surface area contributed by atoms with Crippen molar-refractivity contribution in [2.75, 3.05) is 13.1 Å². The van der Waals surface area contributed by atoms with Gasteiger partial charge in [0.25, 0.3) is 0 Å². The number of amides is 1. The van der Waals surface area contributed by atoms with Gasteiger partial charge < -0.3 is 14.4 Å². The SMILES string of the molecule is CC(C)C1(C(=O)O)CCN(C(=O)Cc2coc(-c3ccc(Cl)cc3)n2)C1. The van der Waals surface area contributed by atoms with Gasteiger partial charge in [0.15, 0.2) is 0 Å². The normalized spacial score (nSPS) is 19.9. The van der Waals surface area contributed by atoms with Crippen molar-refractivity contribution in [3.63, 3.8) is 0 Å². The van der Waals surface area contributed by atoms with Crippen molar-refractivity contribution in [2.24, 2.45) is 11.3 Å². The Hall–Kier alpha value is -2.34. The van der Waals surface area contributed by atoms with Crippen LogP contribution in [0.5, 0.6) is 0 Å². The third kappa shape index (κ3) is 3.46. The lowest BCUT2D eigenvalue weighted by Crippen LogP contribution is -2.41. The van der Waals surface area contributed by atoms with Crippen molar-refractivity contribution in [2.45, 2.75) is 26.7 Å². The quantitative estimate of drug-likeness (QED) is 0.863. The highest BCUT2D eigenvalue weighted by Crippen LogP contribution is 2.38. The molecule has 0 saturated carbocycles. The molecule has 1 aliphatic heterocycles. The number of benzene rings is 1. The maximum absolute atomic E-state index is 12.6. The number of oxazole rings is 1. The van der Waals surface area contributed by atoms with Crippen molar-refractivity contribution in [3.8, 4) is 11.5 Å². The Bertz CT molecular complexity index is 815. The molecule has 1 N–H and O–H groups in total. The second kappa shape index (κ2) is 7.11. The number of carbonyl (C=O) groups is 2. The summed E-state index contributed by atoms with van der Waals surface area (Å²) in [5.74, 6) is -0.590. The van der Waals surface area contributed by atoms with E-state index in [4.69, 9.17) is 16.0 Å². The Balaban J connectivity index is 1.68. The molecule has 1 amide bonds. The highest BCUT2D eigenvalue weighted by Gasteiger charge is 2.48. The molecule has 1 aromatic carbocycles. The van der Waals surface area contributed by atoms with Crippen LogP contribution in [0.2, 0.25) is 5.02 Å². The monoisotopic (exact) mass is 376 g/mol. The molecule has 3 rings (SSSR count). The average molecular weight is 377 g/mol. The van der Waals surface area contributed by atoms with Crippen LogP contribution in [0, 0.1) is 11.3 Å². The van der Waals surface area contributed by atoms with E-state index in [0.717, 1.165) is 5.56 Å². The summed E-state index contributed by atoms with van der Waals surface area (Å²) < 4.78 is 5.45. The summed E-state index contributed by atoms with van der Waals surface area (Å²) in [5, 5.41) is 10.2. The lowest BCUT2D eigenvalue weighted by Gasteiger charge is -2.28. The van der Waals surface area contributed by atoms with Gasteiger partial charge in [0.1, 0.15) is 6.26 Å². The van der Waals surface area contributed by atoms with Crippen molar-refractivity contribution < 1.29 is 19.1 Å². The Kier molecular flexibility index (Phi) is 5.05. The second-order valence-corrected chi connectivity index (χ2v) is 7.45. The summed E-state index contributed by atoms with van der Waals surface area (Å²) in [7, 11) is 0. The van der Waals surface area contributed by atoms with Crippen LogP contribution in [-0.4, -0.2) is 40.0 Å². The third-order valence-corrected chi connectivity index (χ3v) is 5.41. The minimum absolute atomic E-state index is 0.0404. The lowest BCUT2D eigenvalue weighted by molar-refractivity contribution is -0.151. The first-order chi connectivity index (χ1) is 12.3. The molecule has 1 fully saturated rings. The molecule has 7 heteroatoms. The van der Waals surface area contributed by atoms with Gasteiger partial charge in [0, 0.05) is 23.7 Å². The zero-order valence-electron chi connectivity index (χ0n) is 14.7. The summed E-state index contributed by atoms with van der Waals surface area (Å²) in [6, 6.07) is 7.08. The van der Waals surface area contributed by atoms with E-state index < -0.39 is 11.4 Å². The Morgan fingerprint density at radius 3 is 2.62 bits per heavy atom. The first-order valence-corrected chi connectivity index (χ1v) is 8.91. The van der Waals surface area contributed by atoms with Crippen LogP contribution in [0.15, 0.2) is 34.9 Å². The van der Waals surface area contributed by atoms with Gasteiger partial charge in [-0.3, -0.25) is 9.59 Å². The number of hydrogen-bond donors (Lipinski definition) is 1. The van der Waals surface area contributed by atoms with E-state index in [0.29, 0.717) is 29.6 Å². The van der Waals surface area contributed by atoms with E-state index >= 15 is 0 Å². The molecule has 138 valence electrons. The molecule has 1 aliphatic rings. The minimum atomic E-state index is -0.867. The van der Waals surface area contributed by atoms with Crippen molar-refractivity contribution >= 4 is 23.5 Å². The molecule has 6 nitrogen and oxygen atoms in total. The molecule has 2 heterocycles. The standard InChI is InChI=1S/C19H21ClN2O4/c1-12(2)19(18(24)25)7-8-22(11-19)16(23)9-15-10-26-17(21-15)13-3-5-14(20)6-4-13/h3-6,10,12H,7-9,11H2,1-2H3,(H,24,25). The lowest BCUT2D eigenvalue weighted by atomic mass is 9.76. The highest BCUT2D eigenvalue weighted by atomic mass is 35.5. The van der Waals surface area contributed by atoms with Crippen LogP contribution < -0.4 is 0 Å². The Morgan fingerprint density at radius 2 is 2.04 bits per heavy atom. The summed E-state index contributed by atoms with van der Waals surface area (Å²) in [5.41, 5.74) is 0.435. The van der Waals surface area contributed by atoms with Gasteiger partial charge in [-0.05, 0) is 36.6 Å². The van der Waals surface area contributed by atoms with Gasteiger partial charge in [0.05, 0.1) is 17.5 Å². The van der Waals surface area contributed by atoms with E-state index in [2.05, 4.69) is 4.98 Å². The largest absolute Gasteiger partial charge is 0.481 e. The molecule has 0 spiro atoms. The molecular formula is C19H21ClN2O4. The molecule has 1 saturated heterocycles.